The van der Waals surface area contributed by atoms with Crippen LogP contribution in [-0.4, -0.2) is 23.1 Å². The topological polar surface area (TPSA) is 27.1 Å². The molecule has 0 aliphatic carbocycles. The van der Waals surface area contributed by atoms with E-state index in [-0.39, 0.29) is 6.67 Å². The fraction of sp³-hybridized carbons (Fsp3) is 0.667. The van der Waals surface area contributed by atoms with Crippen molar-refractivity contribution in [2.45, 2.75) is 26.3 Å². The van der Waals surface area contributed by atoms with Crippen LogP contribution in [0.2, 0.25) is 0 Å². The molecule has 1 heterocycles. The third-order valence-electron chi connectivity index (χ3n) is 1.61. The molecule has 0 saturated carbocycles. The molecule has 1 rings (SSSR count). The molecule has 1 aromatic heterocycles. The van der Waals surface area contributed by atoms with Gasteiger partial charge in [-0.15, -0.1) is 0 Å². The molecule has 74 valence electrons. The van der Waals surface area contributed by atoms with Gasteiger partial charge in [0, 0.05) is 13.0 Å². The zero-order valence-electron chi connectivity index (χ0n) is 7.87. The molecule has 0 spiro atoms. The lowest BCUT2D eigenvalue weighted by molar-refractivity contribution is 0.289. The van der Waals surface area contributed by atoms with E-state index in [4.69, 9.17) is 4.74 Å². The fourth-order valence-electron chi connectivity index (χ4n) is 1.02. The summed E-state index contributed by atoms with van der Waals surface area (Å²) in [6.45, 7) is 3.08. The van der Waals surface area contributed by atoms with Crippen molar-refractivity contribution in [3.05, 3.63) is 12.4 Å². The van der Waals surface area contributed by atoms with Crippen LogP contribution in [0.15, 0.2) is 12.4 Å². The molecular weight excluding hydrogens is 171 g/mol. The lowest BCUT2D eigenvalue weighted by Crippen LogP contribution is -1.98. The summed E-state index contributed by atoms with van der Waals surface area (Å²) in [5.74, 6) is 0.724. The molecule has 0 bridgehead atoms. The number of ether oxygens (including phenoxy) is 1. The Bertz CT molecular complexity index is 237. The first-order chi connectivity index (χ1) is 6.36. The first kappa shape index (κ1) is 10.0. The van der Waals surface area contributed by atoms with Crippen LogP contribution in [0.25, 0.3) is 0 Å². The van der Waals surface area contributed by atoms with Crippen molar-refractivity contribution in [3.8, 4) is 5.75 Å². The second-order valence-electron chi connectivity index (χ2n) is 2.83. The maximum atomic E-state index is 11.7. The maximum absolute atomic E-state index is 11.7. The SMILES string of the molecule is CCCn1cc(OCCCF)cn1. The van der Waals surface area contributed by atoms with E-state index in [1.165, 1.54) is 0 Å². The summed E-state index contributed by atoms with van der Waals surface area (Å²) in [6, 6.07) is 0. The quantitative estimate of drug-likeness (QED) is 0.635. The molecule has 0 aliphatic rings. The molecule has 0 unspecified atom stereocenters. The first-order valence-corrected chi connectivity index (χ1v) is 4.58. The number of alkyl halides is 1. The van der Waals surface area contributed by atoms with E-state index < -0.39 is 0 Å². The first-order valence-electron chi connectivity index (χ1n) is 4.58. The predicted molar refractivity (Wildman–Crippen MR) is 48.6 cm³/mol. The molecule has 4 heteroatoms. The molecule has 0 atom stereocenters. The Hall–Kier alpha value is -1.06. The Balaban J connectivity index is 2.31. The highest BCUT2D eigenvalue weighted by Gasteiger charge is 1.97. The largest absolute Gasteiger partial charge is 0.490 e. The van der Waals surface area contributed by atoms with E-state index in [0.29, 0.717) is 13.0 Å². The van der Waals surface area contributed by atoms with Gasteiger partial charge in [-0.1, -0.05) is 6.92 Å². The van der Waals surface area contributed by atoms with Crippen LogP contribution in [0.3, 0.4) is 0 Å². The van der Waals surface area contributed by atoms with E-state index in [1.54, 1.807) is 6.20 Å². The Morgan fingerprint density at radius 1 is 1.62 bits per heavy atom. The van der Waals surface area contributed by atoms with E-state index in [0.717, 1.165) is 18.7 Å². The second-order valence-corrected chi connectivity index (χ2v) is 2.83. The van der Waals surface area contributed by atoms with Crippen molar-refractivity contribution < 1.29 is 9.13 Å². The molecule has 0 aliphatic heterocycles. The van der Waals surface area contributed by atoms with Gasteiger partial charge in [0.15, 0.2) is 5.75 Å². The van der Waals surface area contributed by atoms with Crippen LogP contribution in [0.4, 0.5) is 4.39 Å². The molecule has 3 nitrogen and oxygen atoms in total. The number of aryl methyl sites for hydroxylation is 1. The zero-order chi connectivity index (χ0) is 9.52. The lowest BCUT2D eigenvalue weighted by Gasteiger charge is -1.99. The minimum absolute atomic E-state index is 0.330. The van der Waals surface area contributed by atoms with Gasteiger partial charge in [0.2, 0.25) is 0 Å². The van der Waals surface area contributed by atoms with Gasteiger partial charge in [0.1, 0.15) is 0 Å². The highest BCUT2D eigenvalue weighted by molar-refractivity contribution is 5.11. The molecule has 0 N–H and O–H groups in total. The van der Waals surface area contributed by atoms with Crippen molar-refractivity contribution in [3.63, 3.8) is 0 Å². The molecule has 1 aromatic rings. The third kappa shape index (κ3) is 3.44. The van der Waals surface area contributed by atoms with Crippen LogP contribution < -0.4 is 4.74 Å². The van der Waals surface area contributed by atoms with Gasteiger partial charge >= 0.3 is 0 Å². The summed E-state index contributed by atoms with van der Waals surface area (Å²) in [7, 11) is 0. The van der Waals surface area contributed by atoms with E-state index >= 15 is 0 Å². The Morgan fingerprint density at radius 3 is 3.15 bits per heavy atom. The second kappa shape index (κ2) is 5.56. The van der Waals surface area contributed by atoms with Crippen molar-refractivity contribution >= 4 is 0 Å². The maximum Gasteiger partial charge on any atom is 0.157 e. The summed E-state index contributed by atoms with van der Waals surface area (Å²) in [4.78, 5) is 0. The standard InChI is InChI=1S/C9H15FN2O/c1-2-5-12-8-9(7-11-12)13-6-3-4-10/h7-8H,2-6H2,1H3. The van der Waals surface area contributed by atoms with Crippen molar-refractivity contribution in [1.82, 2.24) is 9.78 Å². The van der Waals surface area contributed by atoms with Crippen molar-refractivity contribution in [2.24, 2.45) is 0 Å². The normalized spacial score (nSPS) is 10.3. The van der Waals surface area contributed by atoms with Gasteiger partial charge in [0.05, 0.1) is 25.7 Å². The number of hydrogen-bond donors (Lipinski definition) is 0. The van der Waals surface area contributed by atoms with E-state index in [1.807, 2.05) is 10.9 Å². The minimum Gasteiger partial charge on any atom is -0.490 e. The van der Waals surface area contributed by atoms with Gasteiger partial charge in [0.25, 0.3) is 0 Å². The lowest BCUT2D eigenvalue weighted by atomic mass is 10.5. The van der Waals surface area contributed by atoms with Crippen LogP contribution in [0.1, 0.15) is 19.8 Å². The summed E-state index contributed by atoms with van der Waals surface area (Å²) >= 11 is 0. The molecule has 13 heavy (non-hydrogen) atoms. The number of rotatable bonds is 6. The molecule has 0 saturated heterocycles. The average Bonchev–Trinajstić information content (AvgIpc) is 2.54. The highest BCUT2D eigenvalue weighted by atomic mass is 19.1. The van der Waals surface area contributed by atoms with Crippen LogP contribution >= 0.6 is 0 Å². The van der Waals surface area contributed by atoms with Gasteiger partial charge < -0.3 is 4.74 Å². The van der Waals surface area contributed by atoms with E-state index in [2.05, 4.69) is 12.0 Å². The molecule has 0 radical (unpaired) electrons. The summed E-state index contributed by atoms with van der Waals surface area (Å²) in [5, 5.41) is 4.08. The molecule has 0 amide bonds. The van der Waals surface area contributed by atoms with Gasteiger partial charge in [-0.05, 0) is 6.42 Å². The van der Waals surface area contributed by atoms with Crippen molar-refractivity contribution in [2.75, 3.05) is 13.3 Å². The third-order valence-corrected chi connectivity index (χ3v) is 1.61. The predicted octanol–water partition coefficient (Wildman–Crippen LogP) is 2.03. The smallest absolute Gasteiger partial charge is 0.157 e. The fourth-order valence-corrected chi connectivity index (χ4v) is 1.02. The summed E-state index contributed by atoms with van der Waals surface area (Å²) in [6.07, 6.45) is 4.99. The van der Waals surface area contributed by atoms with Crippen LogP contribution in [0, 0.1) is 0 Å². The number of hydrogen-bond acceptors (Lipinski definition) is 2. The molecule has 0 aromatic carbocycles. The molecular formula is C9H15FN2O. The van der Waals surface area contributed by atoms with Crippen molar-refractivity contribution in [1.29, 1.82) is 0 Å². The Morgan fingerprint density at radius 2 is 2.46 bits per heavy atom. The summed E-state index contributed by atoms with van der Waals surface area (Å²) < 4.78 is 18.8. The highest BCUT2D eigenvalue weighted by Crippen LogP contribution is 2.08. The Labute approximate surface area is 77.5 Å². The average molecular weight is 186 g/mol. The Kier molecular flexibility index (Phi) is 4.29. The minimum atomic E-state index is -0.330. The van der Waals surface area contributed by atoms with Crippen LogP contribution in [-0.2, 0) is 6.54 Å². The van der Waals surface area contributed by atoms with Crippen LogP contribution in [0.5, 0.6) is 5.75 Å². The van der Waals surface area contributed by atoms with Gasteiger partial charge in [-0.2, -0.15) is 5.10 Å². The van der Waals surface area contributed by atoms with Gasteiger partial charge in [-0.25, -0.2) is 0 Å². The number of nitrogens with zero attached hydrogens (tertiary/aromatic N) is 2. The monoisotopic (exact) mass is 186 g/mol. The summed E-state index contributed by atoms with van der Waals surface area (Å²) in [5.41, 5.74) is 0. The van der Waals surface area contributed by atoms with Gasteiger partial charge in [-0.3, -0.25) is 9.07 Å². The van der Waals surface area contributed by atoms with E-state index in [9.17, 15) is 4.39 Å². The molecule has 0 fully saturated rings. The number of aromatic nitrogens is 2. The zero-order valence-corrected chi connectivity index (χ0v) is 7.87. The number of halogens is 1.